The molecule has 0 aromatic carbocycles. The SMILES string of the molecule is CNc1cc(-c2nn3cccc3cc2C#N)ncc1-c1nnc(C23CCC(C=O)(CC2)CC3)s1. The van der Waals surface area contributed by atoms with Gasteiger partial charge in [-0.2, -0.15) is 10.4 Å². The molecule has 3 aliphatic carbocycles. The summed E-state index contributed by atoms with van der Waals surface area (Å²) in [6.45, 7) is 0. The van der Waals surface area contributed by atoms with Crippen LogP contribution in [0.4, 0.5) is 5.69 Å². The van der Waals surface area contributed by atoms with E-state index in [1.165, 1.54) is 6.29 Å². The van der Waals surface area contributed by atoms with E-state index in [2.05, 4.69) is 31.7 Å². The van der Waals surface area contributed by atoms with Gasteiger partial charge < -0.3 is 10.1 Å². The minimum atomic E-state index is -0.103. The van der Waals surface area contributed by atoms with Gasteiger partial charge in [-0.3, -0.25) is 4.98 Å². The van der Waals surface area contributed by atoms with Gasteiger partial charge in [0, 0.05) is 36.0 Å². The van der Waals surface area contributed by atoms with Crippen LogP contribution in [0.5, 0.6) is 0 Å². The van der Waals surface area contributed by atoms with Crippen LogP contribution in [0.15, 0.2) is 36.7 Å². The van der Waals surface area contributed by atoms with Crippen molar-refractivity contribution in [3.05, 3.63) is 47.2 Å². The quantitative estimate of drug-likeness (QED) is 0.425. The highest BCUT2D eigenvalue weighted by Gasteiger charge is 2.51. The van der Waals surface area contributed by atoms with Gasteiger partial charge in [0.1, 0.15) is 23.1 Å². The van der Waals surface area contributed by atoms with Gasteiger partial charge in [-0.25, -0.2) is 4.52 Å². The molecule has 0 amide bonds. The molecule has 3 saturated carbocycles. The van der Waals surface area contributed by atoms with Crippen LogP contribution < -0.4 is 5.32 Å². The van der Waals surface area contributed by atoms with Crippen molar-refractivity contribution >= 4 is 28.8 Å². The molecule has 7 rings (SSSR count). The van der Waals surface area contributed by atoms with E-state index in [9.17, 15) is 10.1 Å². The van der Waals surface area contributed by atoms with Gasteiger partial charge in [0.2, 0.25) is 0 Å². The van der Waals surface area contributed by atoms with E-state index in [1.54, 1.807) is 22.0 Å². The molecule has 34 heavy (non-hydrogen) atoms. The Bertz CT molecular complexity index is 1440. The van der Waals surface area contributed by atoms with Crippen LogP contribution in [-0.4, -0.2) is 38.1 Å². The highest BCUT2D eigenvalue weighted by molar-refractivity contribution is 7.14. The molecule has 0 radical (unpaired) electrons. The first-order valence-electron chi connectivity index (χ1n) is 11.5. The fourth-order valence-corrected chi connectivity index (χ4v) is 6.61. The minimum absolute atomic E-state index is 0.0473. The Kier molecular flexibility index (Phi) is 4.74. The largest absolute Gasteiger partial charge is 0.387 e. The number of nitrogens with one attached hydrogen (secondary N) is 1. The molecular formula is C25H23N7OS. The number of hydrogen-bond donors (Lipinski definition) is 1. The molecule has 2 bridgehead atoms. The number of nitriles is 1. The summed E-state index contributed by atoms with van der Waals surface area (Å²) in [6, 6.07) is 9.78. The van der Waals surface area contributed by atoms with E-state index in [0.717, 1.165) is 65.3 Å². The van der Waals surface area contributed by atoms with Crippen molar-refractivity contribution in [2.45, 2.75) is 43.9 Å². The number of nitrogens with zero attached hydrogens (tertiary/aromatic N) is 6. The molecule has 0 aliphatic heterocycles. The first kappa shape index (κ1) is 20.9. The standard InChI is InChI=1S/C25H23N7OS/c1-27-19-12-20(21-16(13-26)11-17-3-2-10-32(17)31-21)28-14-18(19)22-29-30-23(34-22)25-7-4-24(15-33,5-8-25)6-9-25/h2-3,10-12,14-15H,4-9H2,1H3,(H,27,28). The van der Waals surface area contributed by atoms with Gasteiger partial charge in [0.05, 0.1) is 22.3 Å². The number of rotatable bonds is 5. The van der Waals surface area contributed by atoms with Crippen molar-refractivity contribution in [3.8, 4) is 28.0 Å². The van der Waals surface area contributed by atoms with Crippen molar-refractivity contribution in [3.63, 3.8) is 0 Å². The molecule has 9 heteroatoms. The number of carbonyl (C=O) groups is 1. The molecule has 3 fully saturated rings. The fourth-order valence-electron chi connectivity index (χ4n) is 5.46. The molecule has 4 heterocycles. The molecule has 8 nitrogen and oxygen atoms in total. The number of aldehydes is 1. The van der Waals surface area contributed by atoms with Gasteiger partial charge in [-0.1, -0.05) is 11.3 Å². The Balaban J connectivity index is 1.35. The summed E-state index contributed by atoms with van der Waals surface area (Å²) >= 11 is 1.63. The third-order valence-corrected chi connectivity index (χ3v) is 8.92. The summed E-state index contributed by atoms with van der Waals surface area (Å²) in [6.07, 6.45) is 10.7. The number of hydrogen-bond acceptors (Lipinski definition) is 8. The van der Waals surface area contributed by atoms with Crippen LogP contribution >= 0.6 is 11.3 Å². The van der Waals surface area contributed by atoms with Crippen LogP contribution in [0.3, 0.4) is 0 Å². The van der Waals surface area contributed by atoms with Gasteiger partial charge in [-0.15, -0.1) is 10.2 Å². The lowest BCUT2D eigenvalue weighted by Gasteiger charge is -2.49. The van der Waals surface area contributed by atoms with Crippen molar-refractivity contribution in [1.82, 2.24) is 24.8 Å². The molecule has 0 spiro atoms. The van der Waals surface area contributed by atoms with Crippen molar-refractivity contribution in [1.29, 1.82) is 5.26 Å². The van der Waals surface area contributed by atoms with Crippen LogP contribution in [0, 0.1) is 16.7 Å². The topological polar surface area (TPSA) is 109 Å². The summed E-state index contributed by atoms with van der Waals surface area (Å²) in [5.74, 6) is 0. The highest BCUT2D eigenvalue weighted by atomic mass is 32.1. The third kappa shape index (κ3) is 3.13. The molecule has 0 atom stereocenters. The number of fused-ring (bicyclic) bond motifs is 4. The Hall–Kier alpha value is -3.64. The Morgan fingerprint density at radius 3 is 2.68 bits per heavy atom. The molecule has 0 saturated heterocycles. The van der Waals surface area contributed by atoms with Crippen LogP contribution in [0.25, 0.3) is 27.5 Å². The maximum atomic E-state index is 11.6. The number of anilines is 1. The average Bonchev–Trinajstić information content (AvgIpc) is 3.58. The summed E-state index contributed by atoms with van der Waals surface area (Å²) in [5, 5.41) is 28.6. The molecule has 3 aliphatic rings. The monoisotopic (exact) mass is 469 g/mol. The lowest BCUT2D eigenvalue weighted by atomic mass is 9.54. The average molecular weight is 470 g/mol. The molecule has 4 aromatic rings. The van der Waals surface area contributed by atoms with Gasteiger partial charge in [0.15, 0.2) is 5.01 Å². The summed E-state index contributed by atoms with van der Waals surface area (Å²) < 4.78 is 1.74. The molecule has 1 N–H and O–H groups in total. The molecule has 0 unspecified atom stereocenters. The minimum Gasteiger partial charge on any atom is -0.387 e. The number of carbonyl (C=O) groups excluding carboxylic acids is 1. The summed E-state index contributed by atoms with van der Waals surface area (Å²) in [7, 11) is 1.86. The second-order valence-corrected chi connectivity index (χ2v) is 10.4. The highest BCUT2D eigenvalue weighted by Crippen LogP contribution is 2.57. The second-order valence-electron chi connectivity index (χ2n) is 9.43. The Morgan fingerprint density at radius 2 is 1.97 bits per heavy atom. The van der Waals surface area contributed by atoms with Crippen LogP contribution in [0.2, 0.25) is 0 Å². The zero-order valence-electron chi connectivity index (χ0n) is 18.8. The lowest BCUT2D eigenvalue weighted by Crippen LogP contribution is -2.44. The van der Waals surface area contributed by atoms with Crippen molar-refractivity contribution in [2.75, 3.05) is 12.4 Å². The first-order valence-corrected chi connectivity index (χ1v) is 12.3. The normalized spacial score (nSPS) is 23.6. The maximum Gasteiger partial charge on any atom is 0.151 e. The Labute approximate surface area is 200 Å². The maximum absolute atomic E-state index is 11.6. The van der Waals surface area contributed by atoms with E-state index in [0.29, 0.717) is 17.0 Å². The Morgan fingerprint density at radius 1 is 1.18 bits per heavy atom. The van der Waals surface area contributed by atoms with Crippen LogP contribution in [-0.2, 0) is 10.2 Å². The third-order valence-electron chi connectivity index (χ3n) is 7.71. The second kappa shape index (κ2) is 7.71. The van der Waals surface area contributed by atoms with E-state index >= 15 is 0 Å². The van der Waals surface area contributed by atoms with E-state index < -0.39 is 0 Å². The molecule has 170 valence electrons. The summed E-state index contributed by atoms with van der Waals surface area (Å²) in [4.78, 5) is 16.3. The first-order chi connectivity index (χ1) is 16.6. The summed E-state index contributed by atoms with van der Waals surface area (Å²) in [5.41, 5.74) is 4.17. The smallest absolute Gasteiger partial charge is 0.151 e. The van der Waals surface area contributed by atoms with E-state index in [4.69, 9.17) is 0 Å². The van der Waals surface area contributed by atoms with Crippen molar-refractivity contribution in [2.24, 2.45) is 5.41 Å². The lowest BCUT2D eigenvalue weighted by molar-refractivity contribution is -0.122. The zero-order chi connectivity index (χ0) is 23.3. The van der Waals surface area contributed by atoms with Gasteiger partial charge >= 0.3 is 0 Å². The van der Waals surface area contributed by atoms with E-state index in [1.807, 2.05) is 37.5 Å². The van der Waals surface area contributed by atoms with Crippen LogP contribution in [0.1, 0.15) is 49.1 Å². The van der Waals surface area contributed by atoms with Gasteiger partial charge in [-0.05, 0) is 62.8 Å². The fraction of sp³-hybridized carbons (Fsp3) is 0.360. The number of aromatic nitrogens is 5. The molecule has 4 aromatic heterocycles. The van der Waals surface area contributed by atoms with Crippen molar-refractivity contribution < 1.29 is 4.79 Å². The predicted molar refractivity (Wildman–Crippen MR) is 129 cm³/mol. The number of pyridine rings is 1. The zero-order valence-corrected chi connectivity index (χ0v) is 19.6. The van der Waals surface area contributed by atoms with E-state index in [-0.39, 0.29) is 10.8 Å². The predicted octanol–water partition coefficient (Wildman–Crippen LogP) is 4.62. The van der Waals surface area contributed by atoms with Gasteiger partial charge in [0.25, 0.3) is 0 Å². The molecular weight excluding hydrogens is 446 g/mol.